The molecule has 0 heterocycles. The Balaban J connectivity index is 2.73. The first kappa shape index (κ1) is 12.1. The summed E-state index contributed by atoms with van der Waals surface area (Å²) in [5.74, 6) is -0.233. The summed E-state index contributed by atoms with van der Waals surface area (Å²) in [4.78, 5) is 0. The van der Waals surface area contributed by atoms with E-state index in [1.165, 1.54) is 6.07 Å². The van der Waals surface area contributed by atoms with Gasteiger partial charge in [0.15, 0.2) is 0 Å². The molecule has 2 nitrogen and oxygen atoms in total. The smallest absolute Gasteiger partial charge is 0.126 e. The van der Waals surface area contributed by atoms with Gasteiger partial charge in [0.05, 0.1) is 12.7 Å². The van der Waals surface area contributed by atoms with E-state index in [1.54, 1.807) is 6.07 Å². The lowest BCUT2D eigenvalue weighted by Gasteiger charge is -2.09. The minimum atomic E-state index is -0.758. The lowest BCUT2D eigenvalue weighted by atomic mass is 10.0. The molecule has 0 aliphatic rings. The highest BCUT2D eigenvalue weighted by molar-refractivity contribution is 5.31. The Labute approximate surface area is 89.4 Å². The van der Waals surface area contributed by atoms with E-state index in [0.717, 1.165) is 11.1 Å². The molecule has 2 N–H and O–H groups in total. The topological polar surface area (TPSA) is 40.5 Å². The third kappa shape index (κ3) is 3.29. The molecule has 0 aromatic heterocycles. The van der Waals surface area contributed by atoms with Crippen LogP contribution in [0.1, 0.15) is 23.1 Å². The Morgan fingerprint density at radius 3 is 2.47 bits per heavy atom. The van der Waals surface area contributed by atoms with Crippen molar-refractivity contribution in [3.8, 4) is 0 Å². The predicted octanol–water partition coefficient (Wildman–Crippen LogP) is 1.73. The van der Waals surface area contributed by atoms with Gasteiger partial charge in [-0.15, -0.1) is 0 Å². The van der Waals surface area contributed by atoms with E-state index in [2.05, 4.69) is 0 Å². The largest absolute Gasteiger partial charge is 0.394 e. The van der Waals surface area contributed by atoms with Crippen molar-refractivity contribution in [2.24, 2.45) is 0 Å². The molecule has 84 valence electrons. The number of aryl methyl sites for hydroxylation is 3. The van der Waals surface area contributed by atoms with Crippen LogP contribution < -0.4 is 0 Å². The van der Waals surface area contributed by atoms with Crippen LogP contribution in [-0.4, -0.2) is 22.9 Å². The van der Waals surface area contributed by atoms with E-state index in [-0.39, 0.29) is 12.4 Å². The summed E-state index contributed by atoms with van der Waals surface area (Å²) in [6.07, 6.45) is 0.0796. The first-order valence-electron chi connectivity index (χ1n) is 5.09. The Bertz CT molecular complexity index is 337. The van der Waals surface area contributed by atoms with Gasteiger partial charge in [-0.2, -0.15) is 0 Å². The van der Waals surface area contributed by atoms with Crippen molar-refractivity contribution in [2.45, 2.75) is 32.8 Å². The van der Waals surface area contributed by atoms with Gasteiger partial charge >= 0.3 is 0 Å². The molecule has 1 rings (SSSR count). The molecule has 1 aromatic rings. The first-order valence-corrected chi connectivity index (χ1v) is 5.09. The van der Waals surface area contributed by atoms with Crippen LogP contribution in [0.5, 0.6) is 0 Å². The van der Waals surface area contributed by atoms with E-state index >= 15 is 0 Å². The molecule has 0 aliphatic heterocycles. The van der Waals surface area contributed by atoms with Crippen LogP contribution >= 0.6 is 0 Å². The van der Waals surface area contributed by atoms with Crippen molar-refractivity contribution in [2.75, 3.05) is 6.61 Å². The van der Waals surface area contributed by atoms with Gasteiger partial charge in [-0.3, -0.25) is 0 Å². The molecular weight excluding hydrogens is 195 g/mol. The highest BCUT2D eigenvalue weighted by Crippen LogP contribution is 2.16. The third-order valence-corrected chi connectivity index (χ3v) is 2.62. The maximum Gasteiger partial charge on any atom is 0.126 e. The number of hydrogen-bond acceptors (Lipinski definition) is 2. The van der Waals surface area contributed by atoms with Crippen molar-refractivity contribution in [3.05, 3.63) is 34.6 Å². The van der Waals surface area contributed by atoms with Gasteiger partial charge in [0.1, 0.15) is 5.82 Å². The zero-order valence-electron chi connectivity index (χ0n) is 9.13. The van der Waals surface area contributed by atoms with E-state index in [4.69, 9.17) is 10.2 Å². The summed E-state index contributed by atoms with van der Waals surface area (Å²) in [6.45, 7) is 3.53. The molecule has 1 unspecified atom stereocenters. The van der Waals surface area contributed by atoms with Crippen LogP contribution in [0, 0.1) is 19.7 Å². The molecule has 0 amide bonds. The minimum absolute atomic E-state index is 0.233. The standard InChI is InChI=1S/C12H17FO2/c1-8-5-10(3-4-11(15)7-14)12(13)6-9(8)2/h5-6,11,14-15H,3-4,7H2,1-2H3. The number of benzene rings is 1. The lowest BCUT2D eigenvalue weighted by molar-refractivity contribution is 0.0884. The van der Waals surface area contributed by atoms with Crippen LogP contribution in [0.2, 0.25) is 0 Å². The van der Waals surface area contributed by atoms with E-state index in [9.17, 15) is 4.39 Å². The molecular formula is C12H17FO2. The third-order valence-electron chi connectivity index (χ3n) is 2.62. The summed E-state index contributed by atoms with van der Waals surface area (Å²) >= 11 is 0. The fourth-order valence-corrected chi connectivity index (χ4v) is 1.45. The molecule has 0 radical (unpaired) electrons. The molecule has 1 aromatic carbocycles. The maximum atomic E-state index is 13.4. The van der Waals surface area contributed by atoms with Gasteiger partial charge in [-0.25, -0.2) is 4.39 Å². The Hall–Kier alpha value is -0.930. The first-order chi connectivity index (χ1) is 7.04. The normalized spacial score (nSPS) is 12.9. The fraction of sp³-hybridized carbons (Fsp3) is 0.500. The summed E-state index contributed by atoms with van der Waals surface area (Å²) in [6, 6.07) is 3.31. The Morgan fingerprint density at radius 2 is 1.87 bits per heavy atom. The van der Waals surface area contributed by atoms with Crippen molar-refractivity contribution in [1.82, 2.24) is 0 Å². The Morgan fingerprint density at radius 1 is 1.27 bits per heavy atom. The molecule has 0 fully saturated rings. The van der Waals surface area contributed by atoms with E-state index < -0.39 is 6.10 Å². The molecule has 1 atom stereocenters. The quantitative estimate of drug-likeness (QED) is 0.798. The SMILES string of the molecule is Cc1cc(F)c(CCC(O)CO)cc1C. The molecule has 0 aliphatic carbocycles. The molecule has 3 heteroatoms. The second kappa shape index (κ2) is 5.24. The van der Waals surface area contributed by atoms with Crippen LogP contribution in [-0.2, 0) is 6.42 Å². The number of halogens is 1. The van der Waals surface area contributed by atoms with Crippen molar-refractivity contribution < 1.29 is 14.6 Å². The molecule has 15 heavy (non-hydrogen) atoms. The van der Waals surface area contributed by atoms with Gasteiger partial charge in [0, 0.05) is 0 Å². The Kier molecular flexibility index (Phi) is 4.24. The van der Waals surface area contributed by atoms with E-state index in [0.29, 0.717) is 18.4 Å². The van der Waals surface area contributed by atoms with E-state index in [1.807, 2.05) is 13.8 Å². The molecule has 0 saturated carbocycles. The number of rotatable bonds is 4. The van der Waals surface area contributed by atoms with Gasteiger partial charge in [0.25, 0.3) is 0 Å². The van der Waals surface area contributed by atoms with Crippen LogP contribution in [0.15, 0.2) is 12.1 Å². The molecule has 0 bridgehead atoms. The average molecular weight is 212 g/mol. The van der Waals surface area contributed by atoms with Gasteiger partial charge in [0.2, 0.25) is 0 Å². The van der Waals surface area contributed by atoms with Crippen LogP contribution in [0.4, 0.5) is 4.39 Å². The summed E-state index contributed by atoms with van der Waals surface area (Å²) in [5.41, 5.74) is 2.58. The maximum absolute atomic E-state index is 13.4. The zero-order valence-corrected chi connectivity index (χ0v) is 9.13. The minimum Gasteiger partial charge on any atom is -0.394 e. The van der Waals surface area contributed by atoms with Crippen molar-refractivity contribution in [3.63, 3.8) is 0 Å². The lowest BCUT2D eigenvalue weighted by Crippen LogP contribution is -2.13. The number of aliphatic hydroxyl groups excluding tert-OH is 2. The fourth-order valence-electron chi connectivity index (χ4n) is 1.45. The van der Waals surface area contributed by atoms with Crippen LogP contribution in [0.3, 0.4) is 0 Å². The van der Waals surface area contributed by atoms with Crippen molar-refractivity contribution >= 4 is 0 Å². The molecule has 0 saturated heterocycles. The zero-order chi connectivity index (χ0) is 11.4. The average Bonchev–Trinajstić information content (AvgIpc) is 2.21. The highest BCUT2D eigenvalue weighted by Gasteiger charge is 2.08. The predicted molar refractivity (Wildman–Crippen MR) is 57.3 cm³/mol. The summed E-state index contributed by atoms with van der Waals surface area (Å²) < 4.78 is 13.4. The summed E-state index contributed by atoms with van der Waals surface area (Å²) in [7, 11) is 0. The second-order valence-electron chi connectivity index (χ2n) is 3.90. The monoisotopic (exact) mass is 212 g/mol. The van der Waals surface area contributed by atoms with Gasteiger partial charge < -0.3 is 10.2 Å². The van der Waals surface area contributed by atoms with Gasteiger partial charge in [-0.1, -0.05) is 6.07 Å². The number of aliphatic hydroxyl groups is 2. The molecule has 0 spiro atoms. The van der Waals surface area contributed by atoms with Crippen LogP contribution in [0.25, 0.3) is 0 Å². The summed E-state index contributed by atoms with van der Waals surface area (Å²) in [5, 5.41) is 17.8. The van der Waals surface area contributed by atoms with Gasteiger partial charge in [-0.05, 0) is 49.4 Å². The highest BCUT2D eigenvalue weighted by atomic mass is 19.1. The van der Waals surface area contributed by atoms with Crippen molar-refractivity contribution in [1.29, 1.82) is 0 Å². The second-order valence-corrected chi connectivity index (χ2v) is 3.90. The number of hydrogen-bond donors (Lipinski definition) is 2.